The van der Waals surface area contributed by atoms with Crippen molar-refractivity contribution >= 4 is 5.78 Å². The topological polar surface area (TPSA) is 33.2 Å². The Balaban J connectivity index is 2.33. The van der Waals surface area contributed by atoms with Gasteiger partial charge >= 0.3 is 0 Å². The SMILES string of the molecule is CCCc1ncc(C2CCCN2C)cc1C(C)=O. The Labute approximate surface area is 109 Å². The maximum absolute atomic E-state index is 11.7. The number of carbonyl (C=O) groups excluding carboxylic acids is 1. The predicted molar refractivity (Wildman–Crippen MR) is 72.8 cm³/mol. The van der Waals surface area contributed by atoms with E-state index >= 15 is 0 Å². The Morgan fingerprint density at radius 2 is 2.33 bits per heavy atom. The van der Waals surface area contributed by atoms with Crippen molar-refractivity contribution in [1.82, 2.24) is 9.88 Å². The van der Waals surface area contributed by atoms with Crippen molar-refractivity contribution in [3.8, 4) is 0 Å². The summed E-state index contributed by atoms with van der Waals surface area (Å²) in [7, 11) is 2.14. The quantitative estimate of drug-likeness (QED) is 0.766. The molecule has 98 valence electrons. The van der Waals surface area contributed by atoms with Crippen LogP contribution < -0.4 is 0 Å². The summed E-state index contributed by atoms with van der Waals surface area (Å²) in [5, 5.41) is 0. The van der Waals surface area contributed by atoms with E-state index in [0.717, 1.165) is 30.6 Å². The van der Waals surface area contributed by atoms with Crippen LogP contribution in [0.25, 0.3) is 0 Å². The smallest absolute Gasteiger partial charge is 0.161 e. The number of ketones is 1. The molecule has 0 amide bonds. The molecule has 0 saturated carbocycles. The van der Waals surface area contributed by atoms with Crippen molar-refractivity contribution in [3.05, 3.63) is 29.1 Å². The van der Waals surface area contributed by atoms with Gasteiger partial charge in [-0.1, -0.05) is 13.3 Å². The molecular formula is C15H22N2O. The van der Waals surface area contributed by atoms with E-state index in [9.17, 15) is 4.79 Å². The number of aromatic nitrogens is 1. The van der Waals surface area contributed by atoms with Crippen molar-refractivity contribution in [3.63, 3.8) is 0 Å². The first-order valence-corrected chi connectivity index (χ1v) is 6.83. The van der Waals surface area contributed by atoms with Crippen molar-refractivity contribution < 1.29 is 4.79 Å². The van der Waals surface area contributed by atoms with Crippen LogP contribution in [-0.2, 0) is 6.42 Å². The molecule has 2 rings (SSSR count). The Bertz CT molecular complexity index is 442. The Morgan fingerprint density at radius 1 is 1.56 bits per heavy atom. The number of carbonyl (C=O) groups is 1. The molecule has 1 aromatic rings. The number of aryl methyl sites for hydroxylation is 1. The fourth-order valence-electron chi connectivity index (χ4n) is 2.76. The van der Waals surface area contributed by atoms with E-state index < -0.39 is 0 Å². The number of likely N-dealkylation sites (tertiary alicyclic amines) is 1. The minimum absolute atomic E-state index is 0.133. The third-order valence-corrected chi connectivity index (χ3v) is 3.76. The molecule has 1 aliphatic rings. The Hall–Kier alpha value is -1.22. The van der Waals surface area contributed by atoms with Crippen molar-refractivity contribution in [2.24, 2.45) is 0 Å². The van der Waals surface area contributed by atoms with Crippen LogP contribution >= 0.6 is 0 Å². The van der Waals surface area contributed by atoms with Gasteiger partial charge in [-0.3, -0.25) is 14.7 Å². The van der Waals surface area contributed by atoms with E-state index in [0.29, 0.717) is 6.04 Å². The molecule has 18 heavy (non-hydrogen) atoms. The number of rotatable bonds is 4. The molecule has 2 heterocycles. The van der Waals surface area contributed by atoms with E-state index in [-0.39, 0.29) is 5.78 Å². The second kappa shape index (κ2) is 5.61. The van der Waals surface area contributed by atoms with E-state index in [2.05, 4.69) is 29.9 Å². The molecule has 0 bridgehead atoms. The molecule has 1 saturated heterocycles. The zero-order chi connectivity index (χ0) is 13.1. The van der Waals surface area contributed by atoms with Crippen LogP contribution in [0.4, 0.5) is 0 Å². The van der Waals surface area contributed by atoms with E-state index in [1.54, 1.807) is 6.92 Å². The van der Waals surface area contributed by atoms with E-state index in [1.165, 1.54) is 18.4 Å². The number of hydrogen-bond donors (Lipinski definition) is 0. The average molecular weight is 246 g/mol. The van der Waals surface area contributed by atoms with Gasteiger partial charge in [0.15, 0.2) is 5.78 Å². The summed E-state index contributed by atoms with van der Waals surface area (Å²) in [5.41, 5.74) is 2.96. The third-order valence-electron chi connectivity index (χ3n) is 3.76. The van der Waals surface area contributed by atoms with Crippen LogP contribution in [0, 0.1) is 0 Å². The van der Waals surface area contributed by atoms with E-state index in [4.69, 9.17) is 0 Å². The first-order chi connectivity index (χ1) is 8.63. The first-order valence-electron chi connectivity index (χ1n) is 6.83. The summed E-state index contributed by atoms with van der Waals surface area (Å²) in [4.78, 5) is 18.6. The second-order valence-corrected chi connectivity index (χ2v) is 5.21. The minimum atomic E-state index is 0.133. The van der Waals surface area contributed by atoms with Gasteiger partial charge in [0, 0.05) is 17.8 Å². The highest BCUT2D eigenvalue weighted by molar-refractivity contribution is 5.95. The highest BCUT2D eigenvalue weighted by atomic mass is 16.1. The molecule has 3 nitrogen and oxygen atoms in total. The molecule has 1 fully saturated rings. The van der Waals surface area contributed by atoms with Crippen LogP contribution in [-0.4, -0.2) is 29.3 Å². The number of pyridine rings is 1. The Kier molecular flexibility index (Phi) is 4.12. The van der Waals surface area contributed by atoms with Gasteiger partial charge in [-0.15, -0.1) is 0 Å². The fraction of sp³-hybridized carbons (Fsp3) is 0.600. The van der Waals surface area contributed by atoms with Gasteiger partial charge in [0.2, 0.25) is 0 Å². The summed E-state index contributed by atoms with van der Waals surface area (Å²) in [5.74, 6) is 0.133. The van der Waals surface area contributed by atoms with Gasteiger partial charge in [0.05, 0.1) is 5.69 Å². The lowest BCUT2D eigenvalue weighted by Crippen LogP contribution is -2.18. The van der Waals surface area contributed by atoms with E-state index in [1.807, 2.05) is 6.20 Å². The van der Waals surface area contributed by atoms with Gasteiger partial charge in [-0.25, -0.2) is 0 Å². The van der Waals surface area contributed by atoms with Crippen molar-refractivity contribution in [2.45, 2.75) is 45.6 Å². The van der Waals surface area contributed by atoms with Crippen LogP contribution in [0.5, 0.6) is 0 Å². The second-order valence-electron chi connectivity index (χ2n) is 5.21. The summed E-state index contributed by atoms with van der Waals surface area (Å²) in [6.07, 6.45) is 6.27. The van der Waals surface area contributed by atoms with Crippen LogP contribution in [0.2, 0.25) is 0 Å². The molecule has 0 radical (unpaired) electrons. The molecule has 1 aromatic heterocycles. The van der Waals surface area contributed by atoms with Gasteiger partial charge in [-0.05, 0) is 51.4 Å². The third kappa shape index (κ3) is 2.61. The number of Topliss-reactive ketones (excluding diaryl/α,β-unsaturated/α-hetero) is 1. The summed E-state index contributed by atoms with van der Waals surface area (Å²) in [6, 6.07) is 2.50. The lowest BCUT2D eigenvalue weighted by Gasteiger charge is -2.20. The summed E-state index contributed by atoms with van der Waals surface area (Å²) >= 11 is 0. The van der Waals surface area contributed by atoms with Crippen LogP contribution in [0.3, 0.4) is 0 Å². The lowest BCUT2D eigenvalue weighted by atomic mass is 10.00. The molecule has 0 N–H and O–H groups in total. The first kappa shape index (κ1) is 13.2. The van der Waals surface area contributed by atoms with Gasteiger partial charge < -0.3 is 0 Å². The molecule has 1 unspecified atom stereocenters. The highest BCUT2D eigenvalue weighted by Gasteiger charge is 2.24. The summed E-state index contributed by atoms with van der Waals surface area (Å²) in [6.45, 7) is 4.89. The predicted octanol–water partition coefficient (Wildman–Crippen LogP) is 3.00. The molecule has 1 atom stereocenters. The number of nitrogens with zero attached hydrogens (tertiary/aromatic N) is 2. The largest absolute Gasteiger partial charge is 0.299 e. The van der Waals surface area contributed by atoms with Gasteiger partial charge in [0.25, 0.3) is 0 Å². The highest BCUT2D eigenvalue weighted by Crippen LogP contribution is 2.30. The van der Waals surface area contributed by atoms with Crippen LogP contribution in [0.1, 0.15) is 60.8 Å². The van der Waals surface area contributed by atoms with Gasteiger partial charge in [-0.2, -0.15) is 0 Å². The molecule has 0 aromatic carbocycles. The van der Waals surface area contributed by atoms with Crippen molar-refractivity contribution in [2.75, 3.05) is 13.6 Å². The fourth-order valence-corrected chi connectivity index (χ4v) is 2.76. The molecule has 0 aliphatic carbocycles. The molecule has 0 spiro atoms. The standard InChI is InChI=1S/C15H22N2O/c1-4-6-14-13(11(2)18)9-12(10-16-14)15-7-5-8-17(15)3/h9-10,15H,4-8H2,1-3H3. The lowest BCUT2D eigenvalue weighted by molar-refractivity contribution is 0.101. The Morgan fingerprint density at radius 3 is 2.89 bits per heavy atom. The summed E-state index contributed by atoms with van der Waals surface area (Å²) < 4.78 is 0. The zero-order valence-electron chi connectivity index (χ0n) is 11.6. The maximum atomic E-state index is 11.7. The minimum Gasteiger partial charge on any atom is -0.299 e. The van der Waals surface area contributed by atoms with Gasteiger partial charge in [0.1, 0.15) is 0 Å². The average Bonchev–Trinajstić information content (AvgIpc) is 2.76. The molecule has 3 heteroatoms. The van der Waals surface area contributed by atoms with Crippen molar-refractivity contribution in [1.29, 1.82) is 0 Å². The molecular weight excluding hydrogens is 224 g/mol. The van der Waals surface area contributed by atoms with Crippen LogP contribution in [0.15, 0.2) is 12.3 Å². The monoisotopic (exact) mass is 246 g/mol. The normalized spacial score (nSPS) is 20.3. The maximum Gasteiger partial charge on any atom is 0.161 e. The zero-order valence-corrected chi connectivity index (χ0v) is 11.6. The number of hydrogen-bond acceptors (Lipinski definition) is 3. The molecule has 1 aliphatic heterocycles.